The zero-order valence-corrected chi connectivity index (χ0v) is 8.12. The van der Waals surface area contributed by atoms with Crippen molar-refractivity contribution in [2.45, 2.75) is 25.3 Å². The third-order valence-corrected chi connectivity index (χ3v) is 2.47. The van der Waals surface area contributed by atoms with Gasteiger partial charge in [-0.05, 0) is 19.3 Å². The van der Waals surface area contributed by atoms with Crippen molar-refractivity contribution in [3.8, 4) is 6.07 Å². The third-order valence-electron chi connectivity index (χ3n) is 2.47. The summed E-state index contributed by atoms with van der Waals surface area (Å²) in [5.41, 5.74) is 0. The van der Waals surface area contributed by atoms with Crippen molar-refractivity contribution in [2.75, 3.05) is 13.6 Å². The van der Waals surface area contributed by atoms with E-state index >= 15 is 0 Å². The minimum absolute atomic E-state index is 0.122. The molecule has 5 heteroatoms. The molecule has 0 saturated heterocycles. The van der Waals surface area contributed by atoms with Crippen molar-refractivity contribution in [3.63, 3.8) is 0 Å². The molecule has 0 atom stereocenters. The lowest BCUT2D eigenvalue weighted by Crippen LogP contribution is -2.48. The third kappa shape index (κ3) is 2.22. The summed E-state index contributed by atoms with van der Waals surface area (Å²) in [6.45, 7) is -0.122. The highest BCUT2D eigenvalue weighted by atomic mass is 16.2. The Kier molecular flexibility index (Phi) is 3.46. The molecule has 0 spiro atoms. The van der Waals surface area contributed by atoms with Gasteiger partial charge in [0.1, 0.15) is 6.54 Å². The number of carbonyl (C=O) groups excluding carboxylic acids is 2. The van der Waals surface area contributed by atoms with E-state index in [2.05, 4.69) is 5.32 Å². The second-order valence-electron chi connectivity index (χ2n) is 3.34. The zero-order valence-electron chi connectivity index (χ0n) is 8.12. The number of rotatable bonds is 2. The Bertz CT molecular complexity index is 278. The van der Waals surface area contributed by atoms with Gasteiger partial charge in [-0.25, -0.2) is 0 Å². The molecule has 2 amide bonds. The average molecular weight is 195 g/mol. The molecule has 0 aromatic rings. The van der Waals surface area contributed by atoms with Crippen LogP contribution in [0.1, 0.15) is 19.3 Å². The Morgan fingerprint density at radius 2 is 2.21 bits per heavy atom. The highest BCUT2D eigenvalue weighted by Gasteiger charge is 2.28. The summed E-state index contributed by atoms with van der Waals surface area (Å²) in [5, 5.41) is 10.4. The summed E-state index contributed by atoms with van der Waals surface area (Å²) in [6, 6.07) is 1.95. The van der Waals surface area contributed by atoms with Crippen LogP contribution >= 0.6 is 0 Å². The fraction of sp³-hybridized carbons (Fsp3) is 0.667. The zero-order chi connectivity index (χ0) is 10.6. The monoisotopic (exact) mass is 195 g/mol. The van der Waals surface area contributed by atoms with Crippen molar-refractivity contribution in [1.82, 2.24) is 10.2 Å². The summed E-state index contributed by atoms with van der Waals surface area (Å²) in [6.07, 6.45) is 3.05. The van der Waals surface area contributed by atoms with Gasteiger partial charge in [-0.1, -0.05) is 0 Å². The molecule has 0 aliphatic heterocycles. The maximum Gasteiger partial charge on any atom is 0.311 e. The summed E-state index contributed by atoms with van der Waals surface area (Å²) >= 11 is 0. The van der Waals surface area contributed by atoms with Gasteiger partial charge in [0.05, 0.1) is 6.07 Å². The van der Waals surface area contributed by atoms with Crippen molar-refractivity contribution < 1.29 is 9.59 Å². The number of nitrogens with zero attached hydrogens (tertiary/aromatic N) is 2. The second-order valence-corrected chi connectivity index (χ2v) is 3.34. The van der Waals surface area contributed by atoms with Crippen LogP contribution in [0, 0.1) is 11.3 Å². The molecule has 0 bridgehead atoms. The van der Waals surface area contributed by atoms with Gasteiger partial charge >= 0.3 is 11.8 Å². The highest BCUT2D eigenvalue weighted by Crippen LogP contribution is 2.23. The molecule has 1 rings (SSSR count). The van der Waals surface area contributed by atoms with E-state index in [1.165, 1.54) is 4.90 Å². The van der Waals surface area contributed by atoms with E-state index in [0.717, 1.165) is 19.3 Å². The van der Waals surface area contributed by atoms with Crippen LogP contribution in [-0.2, 0) is 9.59 Å². The molecule has 0 radical (unpaired) electrons. The number of nitrogens with one attached hydrogen (secondary N) is 1. The van der Waals surface area contributed by atoms with E-state index in [1.807, 2.05) is 0 Å². The number of nitriles is 1. The first-order valence-corrected chi connectivity index (χ1v) is 4.58. The lowest BCUT2D eigenvalue weighted by molar-refractivity contribution is -0.147. The Morgan fingerprint density at radius 3 is 2.64 bits per heavy atom. The fourth-order valence-electron chi connectivity index (χ4n) is 1.30. The first kappa shape index (κ1) is 10.5. The molecule has 0 heterocycles. The van der Waals surface area contributed by atoms with Gasteiger partial charge in [-0.3, -0.25) is 9.59 Å². The lowest BCUT2D eigenvalue weighted by atomic mass is 9.92. The first-order chi connectivity index (χ1) is 6.66. The molecule has 0 aromatic carbocycles. The number of carbonyl (C=O) groups is 2. The normalized spacial score (nSPS) is 15.1. The molecular formula is C9H13N3O2. The van der Waals surface area contributed by atoms with Crippen LogP contribution in [0.3, 0.4) is 0 Å². The molecule has 0 aromatic heterocycles. The van der Waals surface area contributed by atoms with E-state index in [0.29, 0.717) is 0 Å². The van der Waals surface area contributed by atoms with Gasteiger partial charge in [-0.15, -0.1) is 0 Å². The van der Waals surface area contributed by atoms with E-state index < -0.39 is 11.8 Å². The quantitative estimate of drug-likeness (QED) is 0.483. The molecule has 1 N–H and O–H groups in total. The molecule has 76 valence electrons. The number of hydrogen-bond donors (Lipinski definition) is 1. The number of amides is 2. The van der Waals surface area contributed by atoms with Gasteiger partial charge in [-0.2, -0.15) is 5.26 Å². The van der Waals surface area contributed by atoms with Gasteiger partial charge in [0.2, 0.25) is 0 Å². The van der Waals surface area contributed by atoms with E-state index in [1.54, 1.807) is 13.1 Å². The SMILES string of the molecule is CN(C(=O)C(=O)NCC#N)C1CCC1. The molecule has 5 nitrogen and oxygen atoms in total. The largest absolute Gasteiger partial charge is 0.335 e. The maximum absolute atomic E-state index is 11.4. The van der Waals surface area contributed by atoms with Crippen LogP contribution in [0.25, 0.3) is 0 Å². The predicted octanol–water partition coefficient (Wildman–Crippen LogP) is -0.363. The highest BCUT2D eigenvalue weighted by molar-refractivity contribution is 6.35. The summed E-state index contributed by atoms with van der Waals surface area (Å²) in [5.74, 6) is -1.24. The van der Waals surface area contributed by atoms with Gasteiger partial charge < -0.3 is 10.2 Å². The average Bonchev–Trinajstić information content (AvgIpc) is 2.10. The molecule has 14 heavy (non-hydrogen) atoms. The van der Waals surface area contributed by atoms with Crippen LogP contribution in [0.2, 0.25) is 0 Å². The molecule has 1 aliphatic carbocycles. The minimum atomic E-state index is -0.694. The molecule has 1 aliphatic rings. The minimum Gasteiger partial charge on any atom is -0.335 e. The van der Waals surface area contributed by atoms with Crippen LogP contribution in [0.4, 0.5) is 0 Å². The second kappa shape index (κ2) is 4.61. The Hall–Kier alpha value is -1.57. The van der Waals surface area contributed by atoms with Gasteiger partial charge in [0.25, 0.3) is 0 Å². The maximum atomic E-state index is 11.4. The summed E-state index contributed by atoms with van der Waals surface area (Å²) < 4.78 is 0. The Morgan fingerprint density at radius 1 is 1.57 bits per heavy atom. The molecule has 1 saturated carbocycles. The number of likely N-dealkylation sites (N-methyl/N-ethyl adjacent to an activating group) is 1. The van der Waals surface area contributed by atoms with Crippen molar-refractivity contribution >= 4 is 11.8 Å². The first-order valence-electron chi connectivity index (χ1n) is 4.58. The van der Waals surface area contributed by atoms with Crippen LogP contribution in [0.5, 0.6) is 0 Å². The van der Waals surface area contributed by atoms with Crippen molar-refractivity contribution in [1.29, 1.82) is 5.26 Å². The van der Waals surface area contributed by atoms with E-state index in [4.69, 9.17) is 5.26 Å². The van der Waals surface area contributed by atoms with E-state index in [9.17, 15) is 9.59 Å². The summed E-state index contributed by atoms with van der Waals surface area (Å²) in [4.78, 5) is 24.0. The van der Waals surface area contributed by atoms with Crippen LogP contribution in [-0.4, -0.2) is 36.3 Å². The smallest absolute Gasteiger partial charge is 0.311 e. The molecular weight excluding hydrogens is 182 g/mol. The van der Waals surface area contributed by atoms with Crippen molar-refractivity contribution in [2.24, 2.45) is 0 Å². The van der Waals surface area contributed by atoms with Crippen molar-refractivity contribution in [3.05, 3.63) is 0 Å². The molecule has 0 unspecified atom stereocenters. The Labute approximate surface area is 82.7 Å². The topological polar surface area (TPSA) is 73.2 Å². The summed E-state index contributed by atoms with van der Waals surface area (Å²) in [7, 11) is 1.62. The van der Waals surface area contributed by atoms with Crippen LogP contribution in [0.15, 0.2) is 0 Å². The molecule has 1 fully saturated rings. The van der Waals surface area contributed by atoms with E-state index in [-0.39, 0.29) is 12.6 Å². The van der Waals surface area contributed by atoms with Gasteiger partial charge in [0.15, 0.2) is 0 Å². The Balaban J connectivity index is 2.39. The predicted molar refractivity (Wildman–Crippen MR) is 49.0 cm³/mol. The number of hydrogen-bond acceptors (Lipinski definition) is 3. The van der Waals surface area contributed by atoms with Crippen LogP contribution < -0.4 is 5.32 Å². The fourth-order valence-corrected chi connectivity index (χ4v) is 1.30. The standard InChI is InChI=1S/C9H13N3O2/c1-12(7-3-2-4-7)9(14)8(13)11-6-5-10/h7H,2-4,6H2,1H3,(H,11,13). The lowest BCUT2D eigenvalue weighted by Gasteiger charge is -2.34. The van der Waals surface area contributed by atoms with Gasteiger partial charge in [0, 0.05) is 13.1 Å².